The van der Waals surface area contributed by atoms with Gasteiger partial charge >= 0.3 is 0 Å². The van der Waals surface area contributed by atoms with Crippen LogP contribution in [0.3, 0.4) is 0 Å². The van der Waals surface area contributed by atoms with Crippen molar-refractivity contribution in [3.63, 3.8) is 0 Å². The van der Waals surface area contributed by atoms with Gasteiger partial charge in [-0.05, 0) is 68.7 Å². The van der Waals surface area contributed by atoms with Crippen molar-refractivity contribution in [1.82, 2.24) is 10.2 Å². The van der Waals surface area contributed by atoms with Gasteiger partial charge in [0.1, 0.15) is 0 Å². The van der Waals surface area contributed by atoms with Crippen LogP contribution in [0.5, 0.6) is 0 Å². The summed E-state index contributed by atoms with van der Waals surface area (Å²) >= 11 is 0. The lowest BCUT2D eigenvalue weighted by Gasteiger charge is -2.23. The van der Waals surface area contributed by atoms with Gasteiger partial charge < -0.3 is 10.2 Å². The largest absolute Gasteiger partial charge is 0.352 e. The number of carbonyl (C=O) groups excluding carboxylic acids is 1. The van der Waals surface area contributed by atoms with Crippen LogP contribution in [0.2, 0.25) is 0 Å². The first-order valence-electron chi connectivity index (χ1n) is 11.1. The molecule has 0 radical (unpaired) electrons. The molecule has 2 aromatic carbocycles. The fourth-order valence-corrected chi connectivity index (χ4v) is 4.78. The van der Waals surface area contributed by atoms with Crippen molar-refractivity contribution in [3.8, 4) is 0 Å². The average molecular weight is 444 g/mol. The molecule has 1 heterocycles. The van der Waals surface area contributed by atoms with Gasteiger partial charge in [-0.1, -0.05) is 43.2 Å². The van der Waals surface area contributed by atoms with Crippen molar-refractivity contribution in [2.24, 2.45) is 0 Å². The van der Waals surface area contributed by atoms with Gasteiger partial charge in [-0.25, -0.2) is 8.42 Å². The van der Waals surface area contributed by atoms with E-state index in [4.69, 9.17) is 0 Å². The summed E-state index contributed by atoms with van der Waals surface area (Å²) in [6.45, 7) is 4.23. The second kappa shape index (κ2) is 11.3. The summed E-state index contributed by atoms with van der Waals surface area (Å²) in [5, 5.41) is 2.98. The predicted molar refractivity (Wildman–Crippen MR) is 126 cm³/mol. The minimum atomic E-state index is -3.45. The van der Waals surface area contributed by atoms with Crippen molar-refractivity contribution in [1.29, 1.82) is 0 Å². The fourth-order valence-electron chi connectivity index (χ4n) is 3.89. The first-order chi connectivity index (χ1) is 14.9. The smallest absolute Gasteiger partial charge is 0.251 e. The molecule has 0 aromatic heterocycles. The Labute approximate surface area is 186 Å². The fraction of sp³-hybridized carbons (Fsp3) is 0.458. The average Bonchev–Trinajstić information content (AvgIpc) is 3.04. The normalized spacial score (nSPS) is 15.3. The molecule has 1 fully saturated rings. The zero-order chi connectivity index (χ0) is 22.1. The Bertz CT molecular complexity index is 922. The molecule has 1 N–H and O–H groups in total. The van der Waals surface area contributed by atoms with Gasteiger partial charge in [0.2, 0.25) is 10.0 Å². The Balaban J connectivity index is 1.54. The summed E-state index contributed by atoms with van der Waals surface area (Å²) in [4.78, 5) is 14.9. The van der Waals surface area contributed by atoms with E-state index in [9.17, 15) is 13.2 Å². The molecule has 0 aliphatic carbocycles. The summed E-state index contributed by atoms with van der Waals surface area (Å²) < 4.78 is 26.0. The SMILES string of the molecule is CS(=O)(=O)N(Cc1ccccc1)c1ccc(C(=O)NCCCN2CCCCCC2)cc1. The first-order valence-corrected chi connectivity index (χ1v) is 12.9. The maximum atomic E-state index is 12.5. The van der Waals surface area contributed by atoms with E-state index < -0.39 is 10.0 Å². The van der Waals surface area contributed by atoms with Gasteiger partial charge in [-0.2, -0.15) is 0 Å². The van der Waals surface area contributed by atoms with Crippen LogP contribution in [-0.4, -0.2) is 51.7 Å². The number of carbonyl (C=O) groups is 1. The van der Waals surface area contributed by atoms with E-state index in [1.54, 1.807) is 24.3 Å². The van der Waals surface area contributed by atoms with Crippen LogP contribution in [0.25, 0.3) is 0 Å². The highest BCUT2D eigenvalue weighted by Crippen LogP contribution is 2.21. The number of anilines is 1. The molecule has 0 saturated carbocycles. The number of benzene rings is 2. The van der Waals surface area contributed by atoms with Crippen LogP contribution in [0, 0.1) is 0 Å². The monoisotopic (exact) mass is 443 g/mol. The van der Waals surface area contributed by atoms with Crippen LogP contribution in [0.4, 0.5) is 5.69 Å². The van der Waals surface area contributed by atoms with Crippen molar-refractivity contribution in [3.05, 3.63) is 65.7 Å². The molecule has 7 heteroatoms. The molecule has 1 aliphatic heterocycles. The Hall–Kier alpha value is -2.38. The van der Waals surface area contributed by atoms with E-state index in [2.05, 4.69) is 10.2 Å². The maximum Gasteiger partial charge on any atom is 0.251 e. The first kappa shape index (κ1) is 23.3. The third-order valence-electron chi connectivity index (χ3n) is 5.62. The summed E-state index contributed by atoms with van der Waals surface area (Å²) in [7, 11) is -3.45. The summed E-state index contributed by atoms with van der Waals surface area (Å²) in [6.07, 6.45) is 7.32. The lowest BCUT2D eigenvalue weighted by atomic mass is 10.1. The molecule has 3 rings (SSSR count). The number of hydrogen-bond donors (Lipinski definition) is 1. The molecular weight excluding hydrogens is 410 g/mol. The highest BCUT2D eigenvalue weighted by atomic mass is 32.2. The predicted octanol–water partition coefficient (Wildman–Crippen LogP) is 3.65. The zero-order valence-corrected chi connectivity index (χ0v) is 19.1. The van der Waals surface area contributed by atoms with Crippen LogP contribution >= 0.6 is 0 Å². The van der Waals surface area contributed by atoms with E-state index >= 15 is 0 Å². The number of sulfonamides is 1. The summed E-state index contributed by atoms with van der Waals surface area (Å²) in [6, 6.07) is 16.2. The summed E-state index contributed by atoms with van der Waals surface area (Å²) in [5.41, 5.74) is 1.98. The van der Waals surface area contributed by atoms with Crippen LogP contribution in [-0.2, 0) is 16.6 Å². The Morgan fingerprint density at radius 3 is 2.23 bits per heavy atom. The number of hydrogen-bond acceptors (Lipinski definition) is 4. The van der Waals surface area contributed by atoms with Crippen molar-refractivity contribution in [2.45, 2.75) is 38.6 Å². The minimum Gasteiger partial charge on any atom is -0.352 e. The number of rotatable bonds is 9. The number of likely N-dealkylation sites (tertiary alicyclic amines) is 1. The Kier molecular flexibility index (Phi) is 8.49. The molecule has 0 bridgehead atoms. The zero-order valence-electron chi connectivity index (χ0n) is 18.3. The third-order valence-corrected chi connectivity index (χ3v) is 6.76. The molecule has 31 heavy (non-hydrogen) atoms. The molecular formula is C24H33N3O3S. The van der Waals surface area contributed by atoms with Gasteiger partial charge in [-0.15, -0.1) is 0 Å². The highest BCUT2D eigenvalue weighted by Gasteiger charge is 2.18. The van der Waals surface area contributed by atoms with E-state index in [1.165, 1.54) is 36.2 Å². The molecule has 1 saturated heterocycles. The van der Waals surface area contributed by atoms with Crippen molar-refractivity contribution >= 4 is 21.6 Å². The van der Waals surface area contributed by atoms with Crippen LogP contribution in [0.15, 0.2) is 54.6 Å². The second-order valence-electron chi connectivity index (χ2n) is 8.17. The van der Waals surface area contributed by atoms with Crippen LogP contribution < -0.4 is 9.62 Å². The number of nitrogens with zero attached hydrogens (tertiary/aromatic N) is 2. The molecule has 2 aromatic rings. The molecule has 1 amide bonds. The molecule has 1 aliphatic rings. The molecule has 0 unspecified atom stereocenters. The topological polar surface area (TPSA) is 69.7 Å². The standard InChI is InChI=1S/C24H33N3O3S/c1-31(29,30)27(20-21-10-5-4-6-11-21)23-14-12-22(13-15-23)24(28)25-16-9-19-26-17-7-2-3-8-18-26/h4-6,10-15H,2-3,7-9,16-20H2,1H3,(H,25,28). The van der Waals surface area contributed by atoms with Crippen molar-refractivity contribution in [2.75, 3.05) is 36.7 Å². The number of nitrogens with one attached hydrogen (secondary N) is 1. The van der Waals surface area contributed by atoms with E-state index in [1.807, 2.05) is 30.3 Å². The summed E-state index contributed by atoms with van der Waals surface area (Å²) in [5.74, 6) is -0.128. The third kappa shape index (κ3) is 7.36. The van der Waals surface area contributed by atoms with E-state index in [-0.39, 0.29) is 12.5 Å². The minimum absolute atomic E-state index is 0.128. The molecule has 0 spiro atoms. The molecule has 168 valence electrons. The van der Waals surface area contributed by atoms with Gasteiger partial charge in [0, 0.05) is 12.1 Å². The van der Waals surface area contributed by atoms with E-state index in [0.717, 1.165) is 31.6 Å². The van der Waals surface area contributed by atoms with E-state index in [0.29, 0.717) is 17.8 Å². The van der Waals surface area contributed by atoms with Gasteiger partial charge in [0.15, 0.2) is 0 Å². The lowest BCUT2D eigenvalue weighted by molar-refractivity contribution is 0.0951. The maximum absolute atomic E-state index is 12.5. The van der Waals surface area contributed by atoms with Crippen molar-refractivity contribution < 1.29 is 13.2 Å². The number of amides is 1. The quantitative estimate of drug-likeness (QED) is 0.601. The Morgan fingerprint density at radius 1 is 0.968 bits per heavy atom. The highest BCUT2D eigenvalue weighted by molar-refractivity contribution is 7.92. The van der Waals surface area contributed by atoms with Crippen LogP contribution in [0.1, 0.15) is 48.0 Å². The second-order valence-corrected chi connectivity index (χ2v) is 10.1. The molecule has 6 nitrogen and oxygen atoms in total. The van der Waals surface area contributed by atoms with Gasteiger partial charge in [0.05, 0.1) is 18.5 Å². The Morgan fingerprint density at radius 2 is 1.61 bits per heavy atom. The van der Waals surface area contributed by atoms with Gasteiger partial charge in [0.25, 0.3) is 5.91 Å². The molecule has 0 atom stereocenters. The van der Waals surface area contributed by atoms with Gasteiger partial charge in [-0.3, -0.25) is 9.10 Å². The lowest BCUT2D eigenvalue weighted by Crippen LogP contribution is -2.31.